The molecule has 5 nitrogen and oxygen atoms in total. The summed E-state index contributed by atoms with van der Waals surface area (Å²) < 4.78 is 7.30. The lowest BCUT2D eigenvalue weighted by Gasteiger charge is -2.34. The number of aromatic nitrogens is 1. The van der Waals surface area contributed by atoms with Crippen LogP contribution in [0.4, 0.5) is 0 Å². The summed E-state index contributed by atoms with van der Waals surface area (Å²) in [5, 5.41) is 9.23. The minimum Gasteiger partial charge on any atom is -0.396 e. The molecule has 2 heterocycles. The molecule has 1 fully saturated rings. The maximum absolute atomic E-state index is 12.8. The smallest absolute Gasteiger partial charge is 0.178 e. The van der Waals surface area contributed by atoms with E-state index >= 15 is 0 Å². The van der Waals surface area contributed by atoms with E-state index in [1.54, 1.807) is 7.11 Å². The number of methoxy groups -OCH3 is 1. The van der Waals surface area contributed by atoms with Crippen LogP contribution in [-0.2, 0) is 11.3 Å². The zero-order valence-electron chi connectivity index (χ0n) is 14.7. The van der Waals surface area contributed by atoms with Crippen molar-refractivity contribution in [2.75, 3.05) is 33.4 Å². The molecule has 0 spiro atoms. The topological polar surface area (TPSA) is 54.7 Å². The highest BCUT2D eigenvalue weighted by molar-refractivity contribution is 5.99. The number of hydrogen-bond acceptors (Lipinski definition) is 4. The van der Waals surface area contributed by atoms with Crippen molar-refractivity contribution in [2.45, 2.75) is 52.1 Å². The molecule has 0 amide bonds. The van der Waals surface area contributed by atoms with Gasteiger partial charge in [-0.05, 0) is 45.7 Å². The van der Waals surface area contributed by atoms with Crippen molar-refractivity contribution in [1.29, 1.82) is 0 Å². The van der Waals surface area contributed by atoms with Gasteiger partial charge in [-0.1, -0.05) is 6.42 Å². The number of carbonyl (C=O) groups is 1. The van der Waals surface area contributed by atoms with Crippen LogP contribution < -0.4 is 0 Å². The van der Waals surface area contributed by atoms with Crippen molar-refractivity contribution in [3.63, 3.8) is 0 Å². The number of likely N-dealkylation sites (tertiary alicyclic amines) is 1. The number of aliphatic hydroxyl groups excluding tert-OH is 1. The Hall–Kier alpha value is -1.17. The maximum atomic E-state index is 12.8. The summed E-state index contributed by atoms with van der Waals surface area (Å²) in [6, 6.07) is 2.34. The first-order chi connectivity index (χ1) is 11.1. The average Bonchev–Trinajstić information content (AvgIpc) is 2.82. The predicted molar refractivity (Wildman–Crippen MR) is 91.0 cm³/mol. The fraction of sp³-hybridized carbons (Fsp3) is 0.722. The zero-order valence-corrected chi connectivity index (χ0v) is 14.7. The van der Waals surface area contributed by atoms with Crippen LogP contribution in [0.5, 0.6) is 0 Å². The predicted octanol–water partition coefficient (Wildman–Crippen LogP) is 2.17. The minimum absolute atomic E-state index is 0.187. The van der Waals surface area contributed by atoms with Gasteiger partial charge < -0.3 is 14.4 Å². The number of Topliss-reactive ketones (excluding diaryl/α,β-unsaturated/α-hetero) is 1. The van der Waals surface area contributed by atoms with Crippen molar-refractivity contribution in [2.24, 2.45) is 0 Å². The molecule has 130 valence electrons. The van der Waals surface area contributed by atoms with Gasteiger partial charge in [0.15, 0.2) is 5.78 Å². The molecule has 1 atom stereocenters. The van der Waals surface area contributed by atoms with Crippen molar-refractivity contribution >= 4 is 5.78 Å². The van der Waals surface area contributed by atoms with E-state index in [0.717, 1.165) is 49.3 Å². The highest BCUT2D eigenvalue weighted by Crippen LogP contribution is 2.21. The number of nitrogens with zero attached hydrogens (tertiary/aromatic N) is 2. The second-order valence-corrected chi connectivity index (χ2v) is 6.48. The SMILES string of the molecule is COCCn1c(C)cc(C(=O)CN2CCCCC2CCO)c1C. The van der Waals surface area contributed by atoms with Gasteiger partial charge in [-0.3, -0.25) is 9.69 Å². The number of ether oxygens (including phenoxy) is 1. The van der Waals surface area contributed by atoms with Gasteiger partial charge in [0, 0.05) is 43.3 Å². The van der Waals surface area contributed by atoms with Crippen molar-refractivity contribution in [3.8, 4) is 0 Å². The van der Waals surface area contributed by atoms with E-state index in [4.69, 9.17) is 4.74 Å². The quantitative estimate of drug-likeness (QED) is 0.745. The van der Waals surface area contributed by atoms with Crippen LogP contribution in [0.15, 0.2) is 6.07 Å². The molecule has 0 aromatic carbocycles. The Labute approximate surface area is 139 Å². The van der Waals surface area contributed by atoms with Crippen LogP contribution in [0.2, 0.25) is 0 Å². The van der Waals surface area contributed by atoms with Crippen molar-refractivity contribution in [3.05, 3.63) is 23.0 Å². The molecular formula is C18H30N2O3. The number of ketones is 1. The van der Waals surface area contributed by atoms with Gasteiger partial charge in [0.25, 0.3) is 0 Å². The lowest BCUT2D eigenvalue weighted by Crippen LogP contribution is -2.43. The van der Waals surface area contributed by atoms with Gasteiger partial charge in [0.2, 0.25) is 0 Å². The van der Waals surface area contributed by atoms with E-state index in [-0.39, 0.29) is 12.4 Å². The molecule has 0 radical (unpaired) electrons. The van der Waals surface area contributed by atoms with Crippen LogP contribution in [0.3, 0.4) is 0 Å². The summed E-state index contributed by atoms with van der Waals surface area (Å²) in [6.45, 7) is 7.08. The van der Waals surface area contributed by atoms with Gasteiger partial charge in [-0.15, -0.1) is 0 Å². The lowest BCUT2D eigenvalue weighted by atomic mass is 9.98. The zero-order chi connectivity index (χ0) is 16.8. The second kappa shape index (κ2) is 8.62. The Morgan fingerprint density at radius 3 is 2.87 bits per heavy atom. The molecule has 1 N–H and O–H groups in total. The fourth-order valence-electron chi connectivity index (χ4n) is 3.62. The minimum atomic E-state index is 0.187. The van der Waals surface area contributed by atoms with Crippen LogP contribution in [0.1, 0.15) is 47.4 Å². The van der Waals surface area contributed by atoms with E-state index < -0.39 is 0 Å². The second-order valence-electron chi connectivity index (χ2n) is 6.48. The molecule has 5 heteroatoms. The van der Waals surface area contributed by atoms with Crippen LogP contribution in [-0.4, -0.2) is 59.8 Å². The fourth-order valence-corrected chi connectivity index (χ4v) is 3.62. The highest BCUT2D eigenvalue weighted by Gasteiger charge is 2.25. The van der Waals surface area contributed by atoms with Gasteiger partial charge in [-0.25, -0.2) is 0 Å². The first-order valence-electron chi connectivity index (χ1n) is 8.62. The lowest BCUT2D eigenvalue weighted by molar-refractivity contribution is 0.0798. The van der Waals surface area contributed by atoms with Crippen molar-refractivity contribution < 1.29 is 14.6 Å². The normalized spacial score (nSPS) is 19.2. The van der Waals surface area contributed by atoms with Crippen LogP contribution in [0.25, 0.3) is 0 Å². The number of rotatable bonds is 8. The Bertz CT molecular complexity index is 523. The number of hydrogen-bond donors (Lipinski definition) is 1. The number of aliphatic hydroxyl groups is 1. The molecule has 23 heavy (non-hydrogen) atoms. The first-order valence-corrected chi connectivity index (χ1v) is 8.62. The number of piperidine rings is 1. The van der Waals surface area contributed by atoms with E-state index in [1.807, 2.05) is 19.9 Å². The molecule has 0 aliphatic carbocycles. The third kappa shape index (κ3) is 4.43. The maximum Gasteiger partial charge on any atom is 0.178 e. The molecule has 0 bridgehead atoms. The summed E-state index contributed by atoms with van der Waals surface area (Å²) in [4.78, 5) is 15.0. The number of carbonyl (C=O) groups excluding carboxylic acids is 1. The molecule has 1 aromatic heterocycles. The molecule has 1 aromatic rings. The summed E-state index contributed by atoms with van der Waals surface area (Å²) in [5.74, 6) is 0.187. The molecule has 0 saturated carbocycles. The summed E-state index contributed by atoms with van der Waals surface area (Å²) in [7, 11) is 1.69. The van der Waals surface area contributed by atoms with E-state index in [9.17, 15) is 9.90 Å². The number of aryl methyl sites for hydroxylation is 1. The third-order valence-electron chi connectivity index (χ3n) is 4.95. The Kier molecular flexibility index (Phi) is 6.81. The van der Waals surface area contributed by atoms with Crippen molar-refractivity contribution in [1.82, 2.24) is 9.47 Å². The Morgan fingerprint density at radius 1 is 1.39 bits per heavy atom. The summed E-state index contributed by atoms with van der Waals surface area (Å²) in [6.07, 6.45) is 4.18. The molecule has 1 aliphatic heterocycles. The molecule has 2 rings (SSSR count). The molecule has 1 unspecified atom stereocenters. The van der Waals surface area contributed by atoms with Gasteiger partial charge in [0.05, 0.1) is 13.2 Å². The average molecular weight is 322 g/mol. The Morgan fingerprint density at radius 2 is 2.17 bits per heavy atom. The molecule has 1 saturated heterocycles. The van der Waals surface area contributed by atoms with E-state index in [1.165, 1.54) is 6.42 Å². The van der Waals surface area contributed by atoms with E-state index in [0.29, 0.717) is 19.2 Å². The highest BCUT2D eigenvalue weighted by atomic mass is 16.5. The summed E-state index contributed by atoms with van der Waals surface area (Å²) in [5.41, 5.74) is 2.96. The first kappa shape index (κ1) is 18.2. The van der Waals surface area contributed by atoms with E-state index in [2.05, 4.69) is 9.47 Å². The van der Waals surface area contributed by atoms with Crippen LogP contribution in [0, 0.1) is 13.8 Å². The standard InChI is InChI=1S/C18H30N2O3/c1-14-12-17(15(2)20(14)9-11-23-3)18(22)13-19-8-5-4-6-16(19)7-10-21/h12,16,21H,4-11,13H2,1-3H3. The van der Waals surface area contributed by atoms with Gasteiger partial charge in [0.1, 0.15) is 0 Å². The molecule has 1 aliphatic rings. The van der Waals surface area contributed by atoms with Gasteiger partial charge in [-0.2, -0.15) is 0 Å². The summed E-state index contributed by atoms with van der Waals surface area (Å²) >= 11 is 0. The third-order valence-corrected chi connectivity index (χ3v) is 4.95. The monoisotopic (exact) mass is 322 g/mol. The Balaban J connectivity index is 2.07. The van der Waals surface area contributed by atoms with Gasteiger partial charge >= 0.3 is 0 Å². The molecular weight excluding hydrogens is 292 g/mol. The van der Waals surface area contributed by atoms with Crippen LogP contribution >= 0.6 is 0 Å². The largest absolute Gasteiger partial charge is 0.396 e.